The summed E-state index contributed by atoms with van der Waals surface area (Å²) in [7, 11) is 0. The van der Waals surface area contributed by atoms with Crippen molar-refractivity contribution in [1.82, 2.24) is 19.7 Å². The largest absolute Gasteiger partial charge is 0.337 e. The first kappa shape index (κ1) is 16.7. The molecule has 5 heteroatoms. The maximum absolute atomic E-state index is 12.8. The highest BCUT2D eigenvalue weighted by molar-refractivity contribution is 5.94. The molecule has 0 bridgehead atoms. The summed E-state index contributed by atoms with van der Waals surface area (Å²) < 4.78 is 1.98. The van der Waals surface area contributed by atoms with Crippen LogP contribution in [0, 0.1) is 13.8 Å². The van der Waals surface area contributed by atoms with Gasteiger partial charge in [-0.1, -0.05) is 26.0 Å². The highest BCUT2D eigenvalue weighted by atomic mass is 16.2. The minimum atomic E-state index is 0.115. The van der Waals surface area contributed by atoms with E-state index < -0.39 is 0 Å². The Morgan fingerprint density at radius 3 is 2.50 bits per heavy atom. The molecule has 0 spiro atoms. The van der Waals surface area contributed by atoms with E-state index in [2.05, 4.69) is 36.1 Å². The molecule has 0 saturated carbocycles. The molecule has 2 heterocycles. The molecular formula is C19H26N4O. The zero-order valence-electron chi connectivity index (χ0n) is 15.0. The first-order valence-corrected chi connectivity index (χ1v) is 8.74. The number of amides is 1. The number of nitrogens with zero attached hydrogens (tertiary/aromatic N) is 4. The van der Waals surface area contributed by atoms with E-state index in [0.29, 0.717) is 12.5 Å². The molecule has 1 fully saturated rings. The third-order valence-corrected chi connectivity index (χ3v) is 4.76. The van der Waals surface area contributed by atoms with Crippen LogP contribution in [0.25, 0.3) is 0 Å². The van der Waals surface area contributed by atoms with Gasteiger partial charge in [0.05, 0.1) is 6.04 Å². The van der Waals surface area contributed by atoms with Crippen molar-refractivity contribution < 1.29 is 4.79 Å². The first-order valence-electron chi connectivity index (χ1n) is 8.74. The fourth-order valence-corrected chi connectivity index (χ4v) is 3.41. The van der Waals surface area contributed by atoms with Gasteiger partial charge in [-0.3, -0.25) is 4.79 Å². The number of benzene rings is 1. The molecule has 1 atom stereocenters. The van der Waals surface area contributed by atoms with Gasteiger partial charge in [-0.25, -0.2) is 9.67 Å². The standard InChI is InChI=1S/C19H26N4O/c1-13(2)16-7-9-17(10-8-16)19(24)22-11-5-6-18(12-22)23-15(4)20-14(3)21-23/h7-10,13,18H,5-6,11-12H2,1-4H3. The Balaban J connectivity index is 1.74. The molecule has 1 aromatic heterocycles. The summed E-state index contributed by atoms with van der Waals surface area (Å²) in [5.41, 5.74) is 2.03. The summed E-state index contributed by atoms with van der Waals surface area (Å²) >= 11 is 0. The average Bonchev–Trinajstić information content (AvgIpc) is 2.93. The first-order chi connectivity index (χ1) is 11.5. The van der Waals surface area contributed by atoms with E-state index in [1.165, 1.54) is 5.56 Å². The molecule has 1 aliphatic rings. The lowest BCUT2D eigenvalue weighted by Crippen LogP contribution is -2.41. The van der Waals surface area contributed by atoms with Crippen LogP contribution < -0.4 is 0 Å². The van der Waals surface area contributed by atoms with E-state index in [0.717, 1.165) is 36.6 Å². The number of aryl methyl sites for hydroxylation is 2. The van der Waals surface area contributed by atoms with E-state index in [1.807, 2.05) is 35.6 Å². The zero-order chi connectivity index (χ0) is 17.3. The summed E-state index contributed by atoms with van der Waals surface area (Å²) in [4.78, 5) is 19.2. The number of aromatic nitrogens is 3. The molecule has 1 aliphatic heterocycles. The molecule has 1 unspecified atom stereocenters. The molecule has 0 radical (unpaired) electrons. The summed E-state index contributed by atoms with van der Waals surface area (Å²) in [5.74, 6) is 2.31. The zero-order valence-corrected chi connectivity index (χ0v) is 15.0. The van der Waals surface area contributed by atoms with Gasteiger partial charge in [0.1, 0.15) is 11.6 Å². The summed E-state index contributed by atoms with van der Waals surface area (Å²) in [5, 5.41) is 4.50. The van der Waals surface area contributed by atoms with Gasteiger partial charge >= 0.3 is 0 Å². The molecule has 1 amide bonds. The fourth-order valence-electron chi connectivity index (χ4n) is 3.41. The van der Waals surface area contributed by atoms with E-state index >= 15 is 0 Å². The minimum Gasteiger partial charge on any atom is -0.337 e. The lowest BCUT2D eigenvalue weighted by Gasteiger charge is -2.33. The molecule has 5 nitrogen and oxygen atoms in total. The second-order valence-corrected chi connectivity index (χ2v) is 6.97. The molecule has 1 saturated heterocycles. The van der Waals surface area contributed by atoms with Gasteiger partial charge in [0.2, 0.25) is 0 Å². The third kappa shape index (κ3) is 3.35. The van der Waals surface area contributed by atoms with Gasteiger partial charge in [-0.2, -0.15) is 5.10 Å². The number of piperidine rings is 1. The number of carbonyl (C=O) groups excluding carboxylic acids is 1. The monoisotopic (exact) mass is 326 g/mol. The Morgan fingerprint density at radius 1 is 1.21 bits per heavy atom. The number of carbonyl (C=O) groups is 1. The van der Waals surface area contributed by atoms with E-state index in [9.17, 15) is 4.79 Å². The van der Waals surface area contributed by atoms with Crippen molar-refractivity contribution in [2.24, 2.45) is 0 Å². The molecule has 1 aromatic carbocycles. The highest BCUT2D eigenvalue weighted by Gasteiger charge is 2.27. The van der Waals surface area contributed by atoms with Gasteiger partial charge in [-0.05, 0) is 50.3 Å². The third-order valence-electron chi connectivity index (χ3n) is 4.76. The van der Waals surface area contributed by atoms with Gasteiger partial charge in [0.25, 0.3) is 5.91 Å². The second kappa shape index (κ2) is 6.75. The molecule has 2 aromatic rings. The van der Waals surface area contributed by atoms with Crippen molar-refractivity contribution in [2.75, 3.05) is 13.1 Å². The maximum atomic E-state index is 12.8. The molecule has 24 heavy (non-hydrogen) atoms. The highest BCUT2D eigenvalue weighted by Crippen LogP contribution is 2.24. The molecule has 3 rings (SSSR count). The van der Waals surface area contributed by atoms with Crippen molar-refractivity contribution in [3.63, 3.8) is 0 Å². The van der Waals surface area contributed by atoms with Crippen LogP contribution in [0.2, 0.25) is 0 Å². The molecule has 0 aliphatic carbocycles. The number of likely N-dealkylation sites (tertiary alicyclic amines) is 1. The smallest absolute Gasteiger partial charge is 0.253 e. The predicted molar refractivity (Wildman–Crippen MR) is 94.2 cm³/mol. The maximum Gasteiger partial charge on any atom is 0.253 e. The van der Waals surface area contributed by atoms with Crippen molar-refractivity contribution in [3.8, 4) is 0 Å². The second-order valence-electron chi connectivity index (χ2n) is 6.97. The summed E-state index contributed by atoms with van der Waals surface area (Å²) in [6.45, 7) is 9.72. The Bertz CT molecular complexity index is 717. The van der Waals surface area contributed by atoms with Crippen LogP contribution in [0.3, 0.4) is 0 Å². The number of rotatable bonds is 3. The average molecular weight is 326 g/mol. The van der Waals surface area contributed by atoms with E-state index in [1.54, 1.807) is 0 Å². The van der Waals surface area contributed by atoms with Crippen LogP contribution in [-0.4, -0.2) is 38.7 Å². The molecular weight excluding hydrogens is 300 g/mol. The molecule has 0 N–H and O–H groups in total. The Kier molecular flexibility index (Phi) is 4.69. The molecule has 128 valence electrons. The lowest BCUT2D eigenvalue weighted by atomic mass is 10.0. The Morgan fingerprint density at radius 2 is 1.92 bits per heavy atom. The Labute approximate surface area is 143 Å². The van der Waals surface area contributed by atoms with E-state index in [-0.39, 0.29) is 11.9 Å². The van der Waals surface area contributed by atoms with Crippen molar-refractivity contribution >= 4 is 5.91 Å². The number of hydrogen-bond acceptors (Lipinski definition) is 3. The van der Waals surface area contributed by atoms with Crippen LogP contribution >= 0.6 is 0 Å². The normalized spacial score (nSPS) is 18.2. The van der Waals surface area contributed by atoms with Crippen LogP contribution in [-0.2, 0) is 0 Å². The van der Waals surface area contributed by atoms with Gasteiger partial charge in [0.15, 0.2) is 0 Å². The van der Waals surface area contributed by atoms with E-state index in [4.69, 9.17) is 0 Å². The SMILES string of the molecule is Cc1nc(C)n(C2CCCN(C(=O)c3ccc(C(C)C)cc3)C2)n1. The van der Waals surface area contributed by atoms with Gasteiger partial charge in [0, 0.05) is 18.7 Å². The van der Waals surface area contributed by atoms with Crippen LogP contribution in [0.5, 0.6) is 0 Å². The predicted octanol–water partition coefficient (Wildman–Crippen LogP) is 3.50. The van der Waals surface area contributed by atoms with Crippen LogP contribution in [0.15, 0.2) is 24.3 Å². The Hall–Kier alpha value is -2.17. The van der Waals surface area contributed by atoms with Gasteiger partial charge < -0.3 is 4.90 Å². The fraction of sp³-hybridized carbons (Fsp3) is 0.526. The van der Waals surface area contributed by atoms with Crippen LogP contribution in [0.4, 0.5) is 0 Å². The van der Waals surface area contributed by atoms with Crippen LogP contribution in [0.1, 0.15) is 66.2 Å². The number of hydrogen-bond donors (Lipinski definition) is 0. The lowest BCUT2D eigenvalue weighted by molar-refractivity contribution is 0.0671. The van der Waals surface area contributed by atoms with Crippen molar-refractivity contribution in [3.05, 3.63) is 47.0 Å². The quantitative estimate of drug-likeness (QED) is 0.867. The van der Waals surface area contributed by atoms with Crippen molar-refractivity contribution in [1.29, 1.82) is 0 Å². The van der Waals surface area contributed by atoms with Gasteiger partial charge in [-0.15, -0.1) is 0 Å². The topological polar surface area (TPSA) is 51.0 Å². The summed E-state index contributed by atoms with van der Waals surface area (Å²) in [6.07, 6.45) is 2.04. The minimum absolute atomic E-state index is 0.115. The van der Waals surface area contributed by atoms with Crippen molar-refractivity contribution in [2.45, 2.75) is 52.5 Å². The summed E-state index contributed by atoms with van der Waals surface area (Å²) in [6, 6.07) is 8.24.